The molecule has 0 aromatic heterocycles. The number of aryl methyl sites for hydroxylation is 2. The van der Waals surface area contributed by atoms with Crippen LogP contribution in [-0.4, -0.2) is 13.0 Å². The highest BCUT2D eigenvalue weighted by Crippen LogP contribution is 2.30. The Kier molecular flexibility index (Phi) is 6.92. The molecule has 0 unspecified atom stereocenters. The molecule has 0 bridgehead atoms. The van der Waals surface area contributed by atoms with E-state index in [0.717, 1.165) is 21.1 Å². The molecule has 0 saturated heterocycles. The first kappa shape index (κ1) is 19.1. The fourth-order valence-electron chi connectivity index (χ4n) is 2.53. The Hall–Kier alpha value is -1.27. The van der Waals surface area contributed by atoms with Crippen molar-refractivity contribution in [1.82, 2.24) is 5.32 Å². The summed E-state index contributed by atoms with van der Waals surface area (Å²) in [5, 5.41) is 3.28. The van der Waals surface area contributed by atoms with Gasteiger partial charge in [-0.25, -0.2) is 0 Å². The van der Waals surface area contributed by atoms with Crippen molar-refractivity contribution < 1.29 is 9.53 Å². The summed E-state index contributed by atoms with van der Waals surface area (Å²) in [6.07, 6.45) is 1.28. The van der Waals surface area contributed by atoms with E-state index >= 15 is 0 Å². The minimum absolute atomic E-state index is 0.0144. The summed E-state index contributed by atoms with van der Waals surface area (Å²) in [4.78, 5) is 11.7. The van der Waals surface area contributed by atoms with Crippen LogP contribution >= 0.6 is 34.2 Å². The molecule has 5 heteroatoms. The molecule has 24 heavy (non-hydrogen) atoms. The number of halogens is 2. The van der Waals surface area contributed by atoms with Gasteiger partial charge in [-0.1, -0.05) is 30.7 Å². The van der Waals surface area contributed by atoms with E-state index in [1.54, 1.807) is 7.05 Å². The first-order valence-corrected chi connectivity index (χ1v) is 9.30. The number of benzene rings is 2. The quantitative estimate of drug-likeness (QED) is 0.640. The number of nitrogens with one attached hydrogen (secondary N) is 1. The van der Waals surface area contributed by atoms with Crippen LogP contribution in [0, 0.1) is 10.5 Å². The molecule has 0 heterocycles. The van der Waals surface area contributed by atoms with Crippen LogP contribution in [0.4, 0.5) is 0 Å². The number of hydrogen-bond acceptors (Lipinski definition) is 2. The fraction of sp³-hybridized carbons (Fsp3) is 0.316. The van der Waals surface area contributed by atoms with Gasteiger partial charge in [0.05, 0.1) is 11.4 Å². The molecule has 0 fully saturated rings. The highest BCUT2D eigenvalue weighted by atomic mass is 127. The zero-order chi connectivity index (χ0) is 17.7. The van der Waals surface area contributed by atoms with E-state index in [1.165, 1.54) is 11.1 Å². The molecule has 1 amide bonds. The van der Waals surface area contributed by atoms with Gasteiger partial charge in [-0.05, 0) is 70.8 Å². The molecule has 0 saturated carbocycles. The van der Waals surface area contributed by atoms with Crippen LogP contribution in [0.2, 0.25) is 5.02 Å². The third-order valence-corrected chi connectivity index (χ3v) is 5.30. The molecule has 0 atom stereocenters. The Labute approximate surface area is 161 Å². The molecule has 2 aromatic carbocycles. The molecule has 2 rings (SSSR count). The van der Waals surface area contributed by atoms with Crippen LogP contribution in [-0.2, 0) is 24.2 Å². The van der Waals surface area contributed by atoms with E-state index < -0.39 is 0 Å². The Morgan fingerprint density at radius 2 is 2.04 bits per heavy atom. The molecule has 3 nitrogen and oxygen atoms in total. The lowest BCUT2D eigenvalue weighted by atomic mass is 10.0. The molecule has 0 spiro atoms. The van der Waals surface area contributed by atoms with Gasteiger partial charge < -0.3 is 10.1 Å². The lowest BCUT2D eigenvalue weighted by molar-refractivity contribution is -0.119. The third kappa shape index (κ3) is 4.63. The van der Waals surface area contributed by atoms with Crippen LogP contribution < -0.4 is 10.1 Å². The van der Waals surface area contributed by atoms with Crippen molar-refractivity contribution in [3.8, 4) is 5.75 Å². The summed E-state index contributed by atoms with van der Waals surface area (Å²) >= 11 is 8.61. The summed E-state index contributed by atoms with van der Waals surface area (Å²) in [5.41, 5.74) is 4.39. The van der Waals surface area contributed by atoms with Crippen LogP contribution in [0.1, 0.15) is 29.2 Å². The molecule has 0 radical (unpaired) electrons. The zero-order valence-corrected chi connectivity index (χ0v) is 17.0. The van der Waals surface area contributed by atoms with Gasteiger partial charge in [0.2, 0.25) is 5.91 Å². The van der Waals surface area contributed by atoms with Crippen LogP contribution in [0.3, 0.4) is 0 Å². The smallest absolute Gasteiger partial charge is 0.224 e. The maximum absolute atomic E-state index is 11.7. The van der Waals surface area contributed by atoms with Crippen molar-refractivity contribution in [3.05, 3.63) is 61.2 Å². The van der Waals surface area contributed by atoms with Crippen molar-refractivity contribution in [3.63, 3.8) is 0 Å². The normalized spacial score (nSPS) is 10.5. The number of ether oxygens (including phenoxy) is 1. The second-order valence-electron chi connectivity index (χ2n) is 5.58. The summed E-state index contributed by atoms with van der Waals surface area (Å²) in [7, 11) is 1.64. The van der Waals surface area contributed by atoms with Crippen molar-refractivity contribution in [1.29, 1.82) is 0 Å². The van der Waals surface area contributed by atoms with Gasteiger partial charge in [0, 0.05) is 16.2 Å². The average molecular weight is 458 g/mol. The molecule has 1 N–H and O–H groups in total. The van der Waals surface area contributed by atoms with Crippen molar-refractivity contribution >= 4 is 40.1 Å². The highest BCUT2D eigenvalue weighted by molar-refractivity contribution is 14.1. The monoisotopic (exact) mass is 457 g/mol. The molecular weight excluding hydrogens is 437 g/mol. The van der Waals surface area contributed by atoms with Crippen molar-refractivity contribution in [2.24, 2.45) is 0 Å². The van der Waals surface area contributed by atoms with E-state index in [1.807, 2.05) is 30.3 Å². The maximum Gasteiger partial charge on any atom is 0.224 e. The Bertz CT molecular complexity index is 746. The number of amides is 1. The predicted molar refractivity (Wildman–Crippen MR) is 107 cm³/mol. The lowest BCUT2D eigenvalue weighted by Gasteiger charge is -2.15. The highest BCUT2D eigenvalue weighted by Gasteiger charge is 2.12. The first-order valence-electron chi connectivity index (χ1n) is 7.84. The summed E-state index contributed by atoms with van der Waals surface area (Å²) in [5.74, 6) is 0.663. The van der Waals surface area contributed by atoms with Crippen molar-refractivity contribution in [2.75, 3.05) is 7.05 Å². The van der Waals surface area contributed by atoms with Gasteiger partial charge in [0.25, 0.3) is 0 Å². The summed E-state index contributed by atoms with van der Waals surface area (Å²) < 4.78 is 7.05. The second-order valence-corrected chi connectivity index (χ2v) is 7.15. The topological polar surface area (TPSA) is 38.3 Å². The molecule has 0 aliphatic carbocycles. The van der Waals surface area contributed by atoms with Crippen LogP contribution in [0.15, 0.2) is 30.3 Å². The molecule has 0 aliphatic heterocycles. The van der Waals surface area contributed by atoms with Gasteiger partial charge in [0.1, 0.15) is 12.4 Å². The first-order chi connectivity index (χ1) is 11.5. The van der Waals surface area contributed by atoms with E-state index in [2.05, 4.69) is 41.8 Å². The largest absolute Gasteiger partial charge is 0.487 e. The fourth-order valence-corrected chi connectivity index (χ4v) is 3.48. The lowest BCUT2D eigenvalue weighted by Crippen LogP contribution is -2.21. The van der Waals surface area contributed by atoms with E-state index in [0.29, 0.717) is 23.8 Å². The molecule has 0 aliphatic rings. The number of carbonyl (C=O) groups is 1. The second kappa shape index (κ2) is 8.72. The Morgan fingerprint density at radius 1 is 1.29 bits per heavy atom. The molecular formula is C19H21ClINO2. The van der Waals surface area contributed by atoms with E-state index in [9.17, 15) is 4.79 Å². The number of rotatable bonds is 6. The zero-order valence-electron chi connectivity index (χ0n) is 14.1. The predicted octanol–water partition coefficient (Wildman–Crippen LogP) is 4.68. The Morgan fingerprint density at radius 3 is 2.71 bits per heavy atom. The number of hydrogen-bond donors (Lipinski definition) is 1. The maximum atomic E-state index is 11.7. The number of likely N-dealkylation sites (N-methyl/N-ethyl adjacent to an activating group) is 1. The van der Waals surface area contributed by atoms with Gasteiger partial charge in [-0.2, -0.15) is 0 Å². The number of carbonyl (C=O) groups excluding carboxylic acids is 1. The van der Waals surface area contributed by atoms with Gasteiger partial charge in [0.15, 0.2) is 0 Å². The Balaban J connectivity index is 2.23. The summed E-state index contributed by atoms with van der Waals surface area (Å²) in [6, 6.07) is 9.88. The van der Waals surface area contributed by atoms with Crippen molar-refractivity contribution in [2.45, 2.75) is 33.3 Å². The van der Waals surface area contributed by atoms with Gasteiger partial charge in [-0.3, -0.25) is 4.79 Å². The van der Waals surface area contributed by atoms with Gasteiger partial charge >= 0.3 is 0 Å². The minimum Gasteiger partial charge on any atom is -0.487 e. The molecule has 2 aromatic rings. The SMILES string of the molecule is CCc1cc(Cl)c(OCc2c(I)cccc2CC(=O)NC)cc1C. The minimum atomic E-state index is -0.0144. The van der Waals surface area contributed by atoms with E-state index in [-0.39, 0.29) is 5.91 Å². The van der Waals surface area contributed by atoms with Crippen LogP contribution in [0.25, 0.3) is 0 Å². The third-order valence-electron chi connectivity index (χ3n) is 3.99. The van der Waals surface area contributed by atoms with Crippen LogP contribution in [0.5, 0.6) is 5.75 Å². The standard InChI is InChI=1S/C19H21ClINO2/c1-4-13-9-16(20)18(8-12(13)2)24-11-15-14(10-19(23)22-3)6-5-7-17(15)21/h5-9H,4,10-11H2,1-3H3,(H,22,23). The summed E-state index contributed by atoms with van der Waals surface area (Å²) in [6.45, 7) is 4.55. The average Bonchev–Trinajstić information content (AvgIpc) is 2.56. The van der Waals surface area contributed by atoms with Gasteiger partial charge in [-0.15, -0.1) is 0 Å². The van der Waals surface area contributed by atoms with E-state index in [4.69, 9.17) is 16.3 Å². The molecule has 128 valence electrons.